The first-order valence-corrected chi connectivity index (χ1v) is 6.34. The molecule has 1 fully saturated rings. The Kier molecular flexibility index (Phi) is 4.22. The zero-order valence-corrected chi connectivity index (χ0v) is 11.1. The Hall–Kier alpha value is -2.11. The number of amides is 1. The van der Waals surface area contributed by atoms with Crippen molar-refractivity contribution in [1.82, 2.24) is 5.32 Å². The third-order valence-electron chi connectivity index (χ3n) is 3.43. The van der Waals surface area contributed by atoms with Gasteiger partial charge in [-0.15, -0.1) is 0 Å². The molecule has 1 amide bonds. The van der Waals surface area contributed by atoms with Crippen LogP contribution in [0.15, 0.2) is 18.2 Å². The molecule has 1 aliphatic carbocycles. The third kappa shape index (κ3) is 3.26. The average molecular weight is 281 g/mol. The van der Waals surface area contributed by atoms with Crippen LogP contribution in [0, 0.1) is 11.7 Å². The molecule has 1 aliphatic rings. The maximum absolute atomic E-state index is 13.5. The summed E-state index contributed by atoms with van der Waals surface area (Å²) < 4.78 is 18.3. The van der Waals surface area contributed by atoms with Gasteiger partial charge in [-0.1, -0.05) is 6.07 Å². The summed E-state index contributed by atoms with van der Waals surface area (Å²) in [7, 11) is 1.38. The fraction of sp³-hybridized carbons (Fsp3) is 0.429. The van der Waals surface area contributed by atoms with E-state index in [9.17, 15) is 14.0 Å². The molecule has 20 heavy (non-hydrogen) atoms. The second-order valence-electron chi connectivity index (χ2n) is 4.92. The number of rotatable bonds is 5. The van der Waals surface area contributed by atoms with Crippen molar-refractivity contribution in [2.24, 2.45) is 5.92 Å². The molecule has 5 nitrogen and oxygen atoms in total. The van der Waals surface area contributed by atoms with Gasteiger partial charge in [0.2, 0.25) is 5.91 Å². The molecular formula is C14H16FNO4. The first kappa shape index (κ1) is 14.3. The third-order valence-corrected chi connectivity index (χ3v) is 3.43. The lowest BCUT2D eigenvalue weighted by Gasteiger charge is -2.32. The largest absolute Gasteiger partial charge is 0.494 e. The number of methoxy groups -OCH3 is 1. The quantitative estimate of drug-likeness (QED) is 0.854. The van der Waals surface area contributed by atoms with Crippen LogP contribution in [0.5, 0.6) is 5.75 Å². The van der Waals surface area contributed by atoms with E-state index in [-0.39, 0.29) is 30.0 Å². The summed E-state index contributed by atoms with van der Waals surface area (Å²) in [6.07, 6.45) is 0.977. The molecule has 1 saturated carbocycles. The molecule has 2 rings (SSSR count). The van der Waals surface area contributed by atoms with Crippen LogP contribution >= 0.6 is 0 Å². The molecule has 6 heteroatoms. The molecule has 1 aromatic carbocycles. The molecule has 0 saturated heterocycles. The van der Waals surface area contributed by atoms with Gasteiger partial charge >= 0.3 is 5.97 Å². The molecule has 2 N–H and O–H groups in total. The number of ether oxygens (including phenoxy) is 1. The highest BCUT2D eigenvalue weighted by Gasteiger charge is 2.35. The van der Waals surface area contributed by atoms with Gasteiger partial charge in [-0.3, -0.25) is 9.59 Å². The lowest BCUT2D eigenvalue weighted by molar-refractivity contribution is -0.146. The van der Waals surface area contributed by atoms with Crippen LogP contribution in [-0.2, 0) is 16.0 Å². The van der Waals surface area contributed by atoms with Crippen LogP contribution in [0.4, 0.5) is 4.39 Å². The van der Waals surface area contributed by atoms with E-state index < -0.39 is 11.8 Å². The number of carbonyl (C=O) groups excluding carboxylic acids is 1. The summed E-state index contributed by atoms with van der Waals surface area (Å²) in [5.41, 5.74) is 0.551. The molecule has 0 aromatic heterocycles. The van der Waals surface area contributed by atoms with Gasteiger partial charge in [0, 0.05) is 6.04 Å². The fourth-order valence-electron chi connectivity index (χ4n) is 2.22. The van der Waals surface area contributed by atoms with Gasteiger partial charge in [0.1, 0.15) is 0 Å². The van der Waals surface area contributed by atoms with Crippen molar-refractivity contribution in [2.45, 2.75) is 25.3 Å². The van der Waals surface area contributed by atoms with Crippen LogP contribution in [0.2, 0.25) is 0 Å². The van der Waals surface area contributed by atoms with E-state index >= 15 is 0 Å². The summed E-state index contributed by atoms with van der Waals surface area (Å²) >= 11 is 0. The topological polar surface area (TPSA) is 75.6 Å². The van der Waals surface area contributed by atoms with E-state index in [1.807, 2.05) is 0 Å². The Balaban J connectivity index is 1.83. The number of carboxylic acid groups (broad SMARTS) is 1. The highest BCUT2D eigenvalue weighted by atomic mass is 19.1. The Bertz CT molecular complexity index is 526. The standard InChI is InChI=1S/C14H16FNO4/c1-20-12-3-2-8(4-11(12)15)5-13(17)16-10-6-9(7-10)14(18)19/h2-4,9-10H,5-7H2,1H3,(H,16,17)(H,18,19). The molecule has 108 valence electrons. The van der Waals surface area contributed by atoms with Crippen molar-refractivity contribution in [3.8, 4) is 5.75 Å². The van der Waals surface area contributed by atoms with Gasteiger partial charge in [-0.2, -0.15) is 0 Å². The van der Waals surface area contributed by atoms with E-state index in [1.54, 1.807) is 6.07 Å². The van der Waals surface area contributed by atoms with Crippen LogP contribution in [0.3, 0.4) is 0 Å². The molecule has 0 atom stereocenters. The summed E-state index contributed by atoms with van der Waals surface area (Å²) in [5.74, 6) is -1.79. The molecule has 0 spiro atoms. The highest BCUT2D eigenvalue weighted by molar-refractivity contribution is 5.79. The van der Waals surface area contributed by atoms with Crippen molar-refractivity contribution in [3.05, 3.63) is 29.6 Å². The molecule has 0 aliphatic heterocycles. The zero-order valence-electron chi connectivity index (χ0n) is 11.1. The number of carbonyl (C=O) groups is 2. The van der Waals surface area contributed by atoms with E-state index in [0.717, 1.165) is 0 Å². The molecule has 0 bridgehead atoms. The lowest BCUT2D eigenvalue weighted by atomic mass is 9.80. The average Bonchev–Trinajstić information content (AvgIpc) is 2.33. The fourth-order valence-corrected chi connectivity index (χ4v) is 2.22. The predicted octanol–water partition coefficient (Wildman–Crippen LogP) is 1.36. The first-order valence-electron chi connectivity index (χ1n) is 6.34. The van der Waals surface area contributed by atoms with E-state index in [4.69, 9.17) is 9.84 Å². The smallest absolute Gasteiger partial charge is 0.306 e. The monoisotopic (exact) mass is 281 g/mol. The van der Waals surface area contributed by atoms with Gasteiger partial charge < -0.3 is 15.2 Å². The van der Waals surface area contributed by atoms with Gasteiger partial charge in [-0.25, -0.2) is 4.39 Å². The number of halogens is 1. The summed E-state index contributed by atoms with van der Waals surface area (Å²) in [5, 5.41) is 11.5. The molecular weight excluding hydrogens is 265 g/mol. The van der Waals surface area contributed by atoms with Gasteiger partial charge in [0.15, 0.2) is 11.6 Å². The maximum Gasteiger partial charge on any atom is 0.306 e. The van der Waals surface area contributed by atoms with Crippen LogP contribution in [0.25, 0.3) is 0 Å². The second-order valence-corrected chi connectivity index (χ2v) is 4.92. The first-order chi connectivity index (χ1) is 9.49. The maximum atomic E-state index is 13.5. The Labute approximate surface area is 115 Å². The second kappa shape index (κ2) is 5.90. The van der Waals surface area contributed by atoms with Crippen molar-refractivity contribution in [2.75, 3.05) is 7.11 Å². The number of hydrogen-bond donors (Lipinski definition) is 2. The number of aliphatic carboxylic acids is 1. The Morgan fingerprint density at radius 2 is 2.15 bits per heavy atom. The number of nitrogens with one attached hydrogen (secondary N) is 1. The molecule has 0 radical (unpaired) electrons. The van der Waals surface area contributed by atoms with Crippen LogP contribution in [-0.4, -0.2) is 30.1 Å². The summed E-state index contributed by atoms with van der Waals surface area (Å²) in [4.78, 5) is 22.4. The van der Waals surface area contributed by atoms with Crippen molar-refractivity contribution in [1.29, 1.82) is 0 Å². The van der Waals surface area contributed by atoms with Gasteiger partial charge in [0.25, 0.3) is 0 Å². The van der Waals surface area contributed by atoms with E-state index in [2.05, 4.69) is 5.32 Å². The highest BCUT2D eigenvalue weighted by Crippen LogP contribution is 2.27. The SMILES string of the molecule is COc1ccc(CC(=O)NC2CC(C(=O)O)C2)cc1F. The minimum absolute atomic E-state index is 0.0646. The van der Waals surface area contributed by atoms with E-state index in [1.165, 1.54) is 19.2 Å². The minimum Gasteiger partial charge on any atom is -0.494 e. The van der Waals surface area contributed by atoms with Crippen molar-refractivity contribution < 1.29 is 23.8 Å². The summed E-state index contributed by atoms with van der Waals surface area (Å²) in [6, 6.07) is 4.27. The van der Waals surface area contributed by atoms with E-state index in [0.29, 0.717) is 18.4 Å². The Morgan fingerprint density at radius 1 is 1.45 bits per heavy atom. The molecule has 0 unspecified atom stereocenters. The van der Waals surface area contributed by atoms with Crippen LogP contribution in [0.1, 0.15) is 18.4 Å². The normalized spacial score (nSPS) is 20.9. The molecule has 1 aromatic rings. The summed E-state index contributed by atoms with van der Waals surface area (Å²) in [6.45, 7) is 0. The lowest BCUT2D eigenvalue weighted by Crippen LogP contribution is -2.47. The molecule has 0 heterocycles. The number of carboxylic acids is 1. The van der Waals surface area contributed by atoms with Crippen molar-refractivity contribution >= 4 is 11.9 Å². The van der Waals surface area contributed by atoms with Gasteiger partial charge in [0.05, 0.1) is 19.4 Å². The zero-order chi connectivity index (χ0) is 14.7. The number of hydrogen-bond acceptors (Lipinski definition) is 3. The van der Waals surface area contributed by atoms with Crippen molar-refractivity contribution in [3.63, 3.8) is 0 Å². The minimum atomic E-state index is -0.826. The number of benzene rings is 1. The predicted molar refractivity (Wildman–Crippen MR) is 68.9 cm³/mol. The van der Waals surface area contributed by atoms with Crippen LogP contribution < -0.4 is 10.1 Å². The Morgan fingerprint density at radius 3 is 2.70 bits per heavy atom. The van der Waals surface area contributed by atoms with Gasteiger partial charge in [-0.05, 0) is 30.5 Å².